The number of amides is 2. The summed E-state index contributed by atoms with van der Waals surface area (Å²) in [7, 11) is 0. The summed E-state index contributed by atoms with van der Waals surface area (Å²) in [5.74, 6) is 0.409. The molecule has 3 N–H and O–H groups in total. The number of carbonyl (C=O) groups is 2. The Bertz CT molecular complexity index is 1200. The molecule has 1 saturated heterocycles. The summed E-state index contributed by atoms with van der Waals surface area (Å²) in [6.45, 7) is 5.28. The standard InChI is InChI=1S/C26H29N5O4/c32-25(28-8-9-31-10-12-34-13-11-31)17-35-20-3-1-2-18(14-20)23-15-19(4-6-27-23)24-16-21-22(30-24)5-7-29-26(21)33/h1-4,6,14-16,30H,5,7-13,17H2,(H,28,32)(H,29,33). The second kappa shape index (κ2) is 10.7. The lowest BCUT2D eigenvalue weighted by Gasteiger charge is -2.26. The zero-order chi connectivity index (χ0) is 24.0. The number of morpholine rings is 1. The molecule has 9 heteroatoms. The molecule has 2 amide bonds. The number of hydrogen-bond donors (Lipinski definition) is 3. The Kier molecular flexibility index (Phi) is 7.06. The molecule has 4 heterocycles. The number of pyridine rings is 1. The van der Waals surface area contributed by atoms with Crippen molar-refractivity contribution in [1.82, 2.24) is 25.5 Å². The number of fused-ring (bicyclic) bond motifs is 1. The average molecular weight is 476 g/mol. The van der Waals surface area contributed by atoms with Gasteiger partial charge in [-0.05, 0) is 30.3 Å². The molecule has 0 spiro atoms. The molecule has 2 aliphatic rings. The van der Waals surface area contributed by atoms with Gasteiger partial charge in [0, 0.05) is 67.9 Å². The largest absolute Gasteiger partial charge is 0.484 e. The van der Waals surface area contributed by atoms with Crippen molar-refractivity contribution < 1.29 is 19.1 Å². The highest BCUT2D eigenvalue weighted by atomic mass is 16.5. The molecule has 2 aromatic heterocycles. The van der Waals surface area contributed by atoms with E-state index in [-0.39, 0.29) is 18.4 Å². The van der Waals surface area contributed by atoms with Crippen LogP contribution in [0.3, 0.4) is 0 Å². The quantitative estimate of drug-likeness (QED) is 0.459. The molecule has 3 aromatic rings. The Morgan fingerprint density at radius 3 is 2.89 bits per heavy atom. The van der Waals surface area contributed by atoms with Gasteiger partial charge in [0.1, 0.15) is 5.75 Å². The van der Waals surface area contributed by atoms with Crippen LogP contribution in [0.1, 0.15) is 16.1 Å². The van der Waals surface area contributed by atoms with Crippen molar-refractivity contribution in [3.05, 3.63) is 59.9 Å². The normalized spacial score (nSPS) is 15.8. The molecule has 9 nitrogen and oxygen atoms in total. The maximum atomic E-state index is 12.2. The molecule has 0 atom stereocenters. The van der Waals surface area contributed by atoms with E-state index >= 15 is 0 Å². The summed E-state index contributed by atoms with van der Waals surface area (Å²) in [4.78, 5) is 34.5. The van der Waals surface area contributed by atoms with Crippen molar-refractivity contribution in [2.45, 2.75) is 6.42 Å². The van der Waals surface area contributed by atoms with E-state index in [2.05, 4.69) is 25.5 Å². The molecule has 0 saturated carbocycles. The molecule has 0 aliphatic carbocycles. The smallest absolute Gasteiger partial charge is 0.257 e. The number of rotatable bonds is 8. The van der Waals surface area contributed by atoms with E-state index in [9.17, 15) is 9.59 Å². The van der Waals surface area contributed by atoms with Crippen molar-refractivity contribution in [2.75, 3.05) is 52.5 Å². The van der Waals surface area contributed by atoms with Crippen LogP contribution in [-0.4, -0.2) is 79.2 Å². The van der Waals surface area contributed by atoms with Gasteiger partial charge in [-0.25, -0.2) is 0 Å². The summed E-state index contributed by atoms with van der Waals surface area (Å²) >= 11 is 0. The third-order valence-corrected chi connectivity index (χ3v) is 6.23. The lowest BCUT2D eigenvalue weighted by Crippen LogP contribution is -2.42. The van der Waals surface area contributed by atoms with Crippen LogP contribution in [0.25, 0.3) is 22.5 Å². The number of H-pyrrole nitrogens is 1. The van der Waals surface area contributed by atoms with Gasteiger partial charge < -0.3 is 25.1 Å². The topological polar surface area (TPSA) is 109 Å². The number of nitrogens with one attached hydrogen (secondary N) is 3. The molecule has 0 bridgehead atoms. The fraction of sp³-hybridized carbons (Fsp3) is 0.346. The van der Waals surface area contributed by atoms with E-state index in [4.69, 9.17) is 9.47 Å². The minimum atomic E-state index is -0.150. The van der Waals surface area contributed by atoms with Crippen molar-refractivity contribution >= 4 is 11.8 Å². The molecule has 5 rings (SSSR count). The highest BCUT2D eigenvalue weighted by molar-refractivity contribution is 5.97. The van der Waals surface area contributed by atoms with Gasteiger partial charge in [0.2, 0.25) is 0 Å². The number of benzene rings is 1. The van der Waals surface area contributed by atoms with Gasteiger partial charge in [-0.2, -0.15) is 0 Å². The molecule has 0 radical (unpaired) electrons. The Morgan fingerprint density at radius 1 is 1.14 bits per heavy atom. The van der Waals surface area contributed by atoms with Crippen LogP contribution in [-0.2, 0) is 16.0 Å². The lowest BCUT2D eigenvalue weighted by atomic mass is 10.1. The van der Waals surface area contributed by atoms with Gasteiger partial charge in [-0.15, -0.1) is 0 Å². The number of ether oxygens (including phenoxy) is 2. The van der Waals surface area contributed by atoms with Crippen LogP contribution in [0, 0.1) is 0 Å². The highest BCUT2D eigenvalue weighted by Crippen LogP contribution is 2.28. The van der Waals surface area contributed by atoms with Crippen LogP contribution in [0.2, 0.25) is 0 Å². The van der Waals surface area contributed by atoms with Crippen molar-refractivity contribution in [3.63, 3.8) is 0 Å². The average Bonchev–Trinajstić information content (AvgIpc) is 3.34. The fourth-order valence-electron chi connectivity index (χ4n) is 4.33. The van der Waals surface area contributed by atoms with Gasteiger partial charge in [0.05, 0.1) is 24.5 Å². The van der Waals surface area contributed by atoms with E-state index in [1.54, 1.807) is 6.20 Å². The van der Waals surface area contributed by atoms with Crippen LogP contribution >= 0.6 is 0 Å². The third-order valence-electron chi connectivity index (χ3n) is 6.23. The summed E-state index contributed by atoms with van der Waals surface area (Å²) in [6.07, 6.45) is 2.54. The van der Waals surface area contributed by atoms with E-state index < -0.39 is 0 Å². The van der Waals surface area contributed by atoms with Crippen LogP contribution < -0.4 is 15.4 Å². The second-order valence-electron chi connectivity index (χ2n) is 8.63. The Balaban J connectivity index is 1.20. The number of aromatic amines is 1. The van der Waals surface area contributed by atoms with Gasteiger partial charge in [0.15, 0.2) is 6.61 Å². The summed E-state index contributed by atoms with van der Waals surface area (Å²) in [6, 6.07) is 13.3. The number of aromatic nitrogens is 2. The second-order valence-corrected chi connectivity index (χ2v) is 8.63. The minimum Gasteiger partial charge on any atom is -0.484 e. The lowest BCUT2D eigenvalue weighted by molar-refractivity contribution is -0.123. The van der Waals surface area contributed by atoms with E-state index in [1.807, 2.05) is 42.5 Å². The van der Waals surface area contributed by atoms with Crippen molar-refractivity contribution in [3.8, 4) is 28.3 Å². The van der Waals surface area contributed by atoms with Gasteiger partial charge in [0.25, 0.3) is 11.8 Å². The number of carbonyl (C=O) groups excluding carboxylic acids is 2. The first kappa shape index (κ1) is 23.1. The molecule has 35 heavy (non-hydrogen) atoms. The SMILES string of the molecule is O=C(COc1cccc(-c2cc(-c3cc4c([nH]3)CCNC4=O)ccn2)c1)NCCN1CCOCC1. The third kappa shape index (κ3) is 5.70. The molecule has 2 aliphatic heterocycles. The van der Waals surface area contributed by atoms with E-state index in [1.165, 1.54) is 0 Å². The van der Waals surface area contributed by atoms with E-state index in [0.29, 0.717) is 24.4 Å². The van der Waals surface area contributed by atoms with Gasteiger partial charge in [-0.3, -0.25) is 19.5 Å². The molecular formula is C26H29N5O4. The Labute approximate surface area is 203 Å². The minimum absolute atomic E-state index is 0.0435. The van der Waals surface area contributed by atoms with Crippen LogP contribution in [0.4, 0.5) is 0 Å². The van der Waals surface area contributed by atoms with Crippen molar-refractivity contribution in [1.29, 1.82) is 0 Å². The first-order valence-electron chi connectivity index (χ1n) is 11.9. The predicted molar refractivity (Wildman–Crippen MR) is 131 cm³/mol. The van der Waals surface area contributed by atoms with Gasteiger partial charge in [-0.1, -0.05) is 12.1 Å². The Hall–Kier alpha value is -3.69. The number of hydrogen-bond acceptors (Lipinski definition) is 6. The molecular weight excluding hydrogens is 446 g/mol. The summed E-state index contributed by atoms with van der Waals surface area (Å²) < 4.78 is 11.1. The first-order valence-corrected chi connectivity index (χ1v) is 11.9. The molecule has 1 fully saturated rings. The molecule has 1 aromatic carbocycles. The van der Waals surface area contributed by atoms with Crippen LogP contribution in [0.15, 0.2) is 48.7 Å². The zero-order valence-electron chi connectivity index (χ0n) is 19.5. The summed E-state index contributed by atoms with van der Waals surface area (Å²) in [5, 5.41) is 5.78. The van der Waals surface area contributed by atoms with Crippen LogP contribution in [0.5, 0.6) is 5.75 Å². The van der Waals surface area contributed by atoms with E-state index in [0.717, 1.165) is 67.5 Å². The maximum absolute atomic E-state index is 12.2. The highest BCUT2D eigenvalue weighted by Gasteiger charge is 2.20. The first-order chi connectivity index (χ1) is 17.2. The predicted octanol–water partition coefficient (Wildman–Crippen LogP) is 1.86. The summed E-state index contributed by atoms with van der Waals surface area (Å²) in [5.41, 5.74) is 5.15. The Morgan fingerprint density at radius 2 is 2.03 bits per heavy atom. The van der Waals surface area contributed by atoms with Crippen molar-refractivity contribution in [2.24, 2.45) is 0 Å². The molecule has 182 valence electrons. The number of nitrogens with zero attached hydrogens (tertiary/aromatic N) is 2. The maximum Gasteiger partial charge on any atom is 0.257 e. The van der Waals surface area contributed by atoms with Gasteiger partial charge >= 0.3 is 0 Å². The fourth-order valence-corrected chi connectivity index (χ4v) is 4.33. The monoisotopic (exact) mass is 475 g/mol. The molecule has 0 unspecified atom stereocenters. The zero-order valence-corrected chi connectivity index (χ0v) is 19.5.